The number of thiophene rings is 1. The van der Waals surface area contributed by atoms with Crippen molar-refractivity contribution in [2.24, 2.45) is 0 Å². The van der Waals surface area contributed by atoms with Gasteiger partial charge in [0.15, 0.2) is 0 Å². The molecule has 0 unspecified atom stereocenters. The molecule has 3 rings (SSSR count). The second-order valence-corrected chi connectivity index (χ2v) is 6.68. The first kappa shape index (κ1) is 15.9. The Bertz CT molecular complexity index is 644. The van der Waals surface area contributed by atoms with Crippen LogP contribution in [0, 0.1) is 0 Å². The summed E-state index contributed by atoms with van der Waals surface area (Å²) in [4.78, 5) is 39.1. The third-order valence-corrected chi connectivity index (χ3v) is 5.25. The van der Waals surface area contributed by atoms with Crippen LogP contribution in [-0.2, 0) is 26.3 Å². The number of carbonyl (C=O) groups excluding carboxylic acids is 3. The zero-order chi connectivity index (χ0) is 16.4. The fraction of sp³-hybridized carbons (Fsp3) is 0.533. The minimum absolute atomic E-state index is 0.268. The minimum atomic E-state index is -0.989. The first-order valence-corrected chi connectivity index (χ1v) is 8.43. The highest BCUT2D eigenvalue weighted by Crippen LogP contribution is 2.41. The average Bonchev–Trinajstić information content (AvgIpc) is 3.09. The van der Waals surface area contributed by atoms with Gasteiger partial charge in [0.1, 0.15) is 12.1 Å². The summed E-state index contributed by atoms with van der Waals surface area (Å²) < 4.78 is 4.85. The Morgan fingerprint density at radius 3 is 3.13 bits per heavy atom. The van der Waals surface area contributed by atoms with E-state index >= 15 is 0 Å². The number of ether oxygens (including phenoxy) is 1. The van der Waals surface area contributed by atoms with E-state index in [0.717, 1.165) is 28.2 Å². The highest BCUT2D eigenvalue weighted by atomic mass is 32.1. The molecule has 1 aliphatic heterocycles. The van der Waals surface area contributed by atoms with Crippen molar-refractivity contribution in [2.45, 2.75) is 24.8 Å². The minimum Gasteiger partial charge on any atom is -0.383 e. The first-order chi connectivity index (χ1) is 11.1. The van der Waals surface area contributed by atoms with Gasteiger partial charge in [0.05, 0.1) is 6.61 Å². The fourth-order valence-electron chi connectivity index (χ4n) is 3.18. The van der Waals surface area contributed by atoms with E-state index in [1.165, 1.54) is 7.11 Å². The second kappa shape index (κ2) is 6.29. The molecule has 4 amide bonds. The van der Waals surface area contributed by atoms with Crippen LogP contribution in [0.3, 0.4) is 0 Å². The third kappa shape index (κ3) is 2.72. The first-order valence-electron chi connectivity index (χ1n) is 7.55. The van der Waals surface area contributed by atoms with Crippen LogP contribution in [0.1, 0.15) is 23.3 Å². The van der Waals surface area contributed by atoms with E-state index in [1.54, 1.807) is 11.3 Å². The summed E-state index contributed by atoms with van der Waals surface area (Å²) in [7, 11) is 1.54. The summed E-state index contributed by atoms with van der Waals surface area (Å²) in [5, 5.41) is 7.39. The molecule has 1 atom stereocenters. The quantitative estimate of drug-likeness (QED) is 0.608. The van der Waals surface area contributed by atoms with Crippen LogP contribution in [0.4, 0.5) is 4.79 Å². The largest absolute Gasteiger partial charge is 0.383 e. The Kier molecular flexibility index (Phi) is 4.36. The molecule has 1 fully saturated rings. The van der Waals surface area contributed by atoms with Crippen LogP contribution in [0.2, 0.25) is 0 Å². The number of nitrogens with one attached hydrogen (secondary N) is 2. The van der Waals surface area contributed by atoms with Gasteiger partial charge in [-0.1, -0.05) is 0 Å². The molecule has 0 saturated carbocycles. The lowest BCUT2D eigenvalue weighted by atomic mass is 9.80. The number of methoxy groups -OCH3 is 1. The third-order valence-electron chi connectivity index (χ3n) is 4.27. The number of hydrogen-bond acceptors (Lipinski definition) is 5. The Morgan fingerprint density at radius 1 is 1.52 bits per heavy atom. The standard InChI is InChI=1S/C15H19N3O4S/c1-22-7-6-16-12(19)9-18-13(20)15(17-14(18)21)5-2-3-11-10(15)4-8-23-11/h4,8H,2-3,5-7,9H2,1H3,(H,16,19)(H,17,21)/t15-/m0/s1. The summed E-state index contributed by atoms with van der Waals surface area (Å²) in [6.07, 6.45) is 2.34. The van der Waals surface area contributed by atoms with Crippen molar-refractivity contribution in [1.29, 1.82) is 0 Å². The number of rotatable bonds is 5. The van der Waals surface area contributed by atoms with E-state index in [4.69, 9.17) is 4.74 Å². The van der Waals surface area contributed by atoms with Crippen LogP contribution in [0.5, 0.6) is 0 Å². The topological polar surface area (TPSA) is 87.7 Å². The monoisotopic (exact) mass is 337 g/mol. The number of hydrogen-bond donors (Lipinski definition) is 2. The molecule has 1 spiro atoms. The molecule has 1 saturated heterocycles. The van der Waals surface area contributed by atoms with Crippen molar-refractivity contribution in [3.05, 3.63) is 21.9 Å². The van der Waals surface area contributed by atoms with Crippen LogP contribution >= 0.6 is 11.3 Å². The number of aryl methyl sites for hydroxylation is 1. The van der Waals surface area contributed by atoms with E-state index in [1.807, 2.05) is 11.4 Å². The van der Waals surface area contributed by atoms with E-state index < -0.39 is 11.6 Å². The van der Waals surface area contributed by atoms with Crippen molar-refractivity contribution < 1.29 is 19.1 Å². The zero-order valence-electron chi connectivity index (χ0n) is 12.9. The molecule has 1 aromatic heterocycles. The van der Waals surface area contributed by atoms with Gasteiger partial charge >= 0.3 is 6.03 Å². The average molecular weight is 337 g/mol. The molecule has 0 radical (unpaired) electrons. The number of amides is 4. The van der Waals surface area contributed by atoms with E-state index in [9.17, 15) is 14.4 Å². The Hall–Kier alpha value is -1.93. The fourth-order valence-corrected chi connectivity index (χ4v) is 4.18. The molecular formula is C15H19N3O4S. The Labute approximate surface area is 138 Å². The summed E-state index contributed by atoms with van der Waals surface area (Å²) in [5.41, 5.74) is -0.105. The van der Waals surface area contributed by atoms with Gasteiger partial charge in [0.25, 0.3) is 5.91 Å². The van der Waals surface area contributed by atoms with Gasteiger partial charge in [-0.25, -0.2) is 4.79 Å². The second-order valence-electron chi connectivity index (χ2n) is 5.68. The van der Waals surface area contributed by atoms with Crippen molar-refractivity contribution in [2.75, 3.05) is 26.8 Å². The van der Waals surface area contributed by atoms with Gasteiger partial charge in [0, 0.05) is 24.1 Å². The van der Waals surface area contributed by atoms with Crippen molar-refractivity contribution in [3.63, 3.8) is 0 Å². The highest BCUT2D eigenvalue weighted by molar-refractivity contribution is 7.10. The molecule has 7 nitrogen and oxygen atoms in total. The molecule has 0 bridgehead atoms. The normalized spacial score (nSPS) is 23.1. The number of carbonyl (C=O) groups is 3. The molecule has 2 aliphatic rings. The molecule has 0 aromatic carbocycles. The van der Waals surface area contributed by atoms with Crippen molar-refractivity contribution in [3.8, 4) is 0 Å². The smallest absolute Gasteiger partial charge is 0.325 e. The van der Waals surface area contributed by atoms with Gasteiger partial charge < -0.3 is 15.4 Å². The molecule has 124 valence electrons. The number of urea groups is 1. The molecule has 2 N–H and O–H groups in total. The predicted octanol–water partition coefficient (Wildman–Crippen LogP) is 0.594. The Balaban J connectivity index is 1.75. The molecule has 8 heteroatoms. The maximum absolute atomic E-state index is 12.9. The lowest BCUT2D eigenvalue weighted by Crippen LogP contribution is -2.47. The van der Waals surface area contributed by atoms with E-state index in [0.29, 0.717) is 19.6 Å². The Morgan fingerprint density at radius 2 is 2.35 bits per heavy atom. The molecule has 2 heterocycles. The molecular weight excluding hydrogens is 318 g/mol. The van der Waals surface area contributed by atoms with Gasteiger partial charge in [-0.3, -0.25) is 14.5 Å². The number of imide groups is 1. The van der Waals surface area contributed by atoms with E-state index in [-0.39, 0.29) is 18.4 Å². The molecule has 1 aromatic rings. The van der Waals surface area contributed by atoms with Gasteiger partial charge in [0.2, 0.25) is 5.91 Å². The lowest BCUT2D eigenvalue weighted by molar-refractivity contribution is -0.135. The zero-order valence-corrected chi connectivity index (χ0v) is 13.7. The van der Waals surface area contributed by atoms with Crippen LogP contribution in [0.25, 0.3) is 0 Å². The summed E-state index contributed by atoms with van der Waals surface area (Å²) in [6.45, 7) is 0.461. The number of nitrogens with zero attached hydrogens (tertiary/aromatic N) is 1. The predicted molar refractivity (Wildman–Crippen MR) is 84.1 cm³/mol. The van der Waals surface area contributed by atoms with Gasteiger partial charge in [-0.15, -0.1) is 11.3 Å². The van der Waals surface area contributed by atoms with Crippen LogP contribution in [0.15, 0.2) is 11.4 Å². The summed E-state index contributed by atoms with van der Waals surface area (Å²) >= 11 is 1.60. The molecule has 23 heavy (non-hydrogen) atoms. The summed E-state index contributed by atoms with van der Waals surface area (Å²) in [6, 6.07) is 1.40. The van der Waals surface area contributed by atoms with Crippen molar-refractivity contribution in [1.82, 2.24) is 15.5 Å². The van der Waals surface area contributed by atoms with Gasteiger partial charge in [-0.2, -0.15) is 0 Å². The van der Waals surface area contributed by atoms with Crippen LogP contribution in [-0.4, -0.2) is 49.6 Å². The maximum Gasteiger partial charge on any atom is 0.325 e. The SMILES string of the molecule is COCCNC(=O)CN1C(=O)N[C@]2(CCCc3sccc32)C1=O. The van der Waals surface area contributed by atoms with Gasteiger partial charge in [-0.05, 0) is 30.7 Å². The molecule has 1 aliphatic carbocycles. The van der Waals surface area contributed by atoms with E-state index in [2.05, 4.69) is 10.6 Å². The summed E-state index contributed by atoms with van der Waals surface area (Å²) in [5.74, 6) is -0.701. The lowest BCUT2D eigenvalue weighted by Gasteiger charge is -2.31. The van der Waals surface area contributed by atoms with Crippen molar-refractivity contribution >= 4 is 29.2 Å². The van der Waals surface area contributed by atoms with Crippen LogP contribution < -0.4 is 10.6 Å². The maximum atomic E-state index is 12.9. The highest BCUT2D eigenvalue weighted by Gasteiger charge is 2.54. The number of fused-ring (bicyclic) bond motifs is 2.